The lowest BCUT2D eigenvalue weighted by Crippen LogP contribution is -2.51. The molecular weight excluding hydrogens is 366 g/mol. The summed E-state index contributed by atoms with van der Waals surface area (Å²) in [6.07, 6.45) is 8.42. The van der Waals surface area contributed by atoms with Gasteiger partial charge in [-0.05, 0) is 55.4 Å². The molecule has 2 N–H and O–H groups in total. The van der Waals surface area contributed by atoms with E-state index in [2.05, 4.69) is 10.6 Å². The number of amides is 3. The van der Waals surface area contributed by atoms with E-state index in [1.54, 1.807) is 11.9 Å². The van der Waals surface area contributed by atoms with Crippen LogP contribution in [-0.2, 0) is 27.2 Å². The fraction of sp³-hybridized carbons (Fsp3) is 0.609. The minimum Gasteiger partial charge on any atom is -0.359 e. The number of anilines is 1. The summed E-state index contributed by atoms with van der Waals surface area (Å²) in [6, 6.07) is 5.69. The van der Waals surface area contributed by atoms with E-state index < -0.39 is 0 Å². The molecule has 1 spiro atoms. The zero-order chi connectivity index (χ0) is 20.9. The Hall–Kier alpha value is -2.37. The molecule has 6 nitrogen and oxygen atoms in total. The lowest BCUT2D eigenvalue weighted by atomic mass is 9.68. The van der Waals surface area contributed by atoms with Gasteiger partial charge in [0.05, 0.1) is 13.0 Å². The number of likely N-dealkylation sites (N-methyl/N-ethyl adjacent to an activating group) is 1. The number of nitrogens with zero attached hydrogens (tertiary/aromatic N) is 1. The SMILES string of the molecule is CCc1ccc(NC(=O)CN2CCCC3(CCCCC3)C2=O)cc1CC(=O)NC. The van der Waals surface area contributed by atoms with Crippen LogP contribution in [0, 0.1) is 5.41 Å². The molecule has 1 aromatic rings. The maximum atomic E-state index is 13.1. The second kappa shape index (κ2) is 9.42. The van der Waals surface area contributed by atoms with E-state index >= 15 is 0 Å². The first-order chi connectivity index (χ1) is 14.0. The van der Waals surface area contributed by atoms with Crippen molar-refractivity contribution in [1.82, 2.24) is 10.2 Å². The number of aryl methyl sites for hydroxylation is 1. The maximum Gasteiger partial charge on any atom is 0.243 e. The maximum absolute atomic E-state index is 13.1. The quantitative estimate of drug-likeness (QED) is 0.772. The number of benzene rings is 1. The average Bonchev–Trinajstić information content (AvgIpc) is 2.72. The van der Waals surface area contributed by atoms with Crippen LogP contribution in [0.2, 0.25) is 0 Å². The number of likely N-dealkylation sites (tertiary alicyclic amines) is 1. The van der Waals surface area contributed by atoms with Crippen molar-refractivity contribution in [3.05, 3.63) is 29.3 Å². The van der Waals surface area contributed by atoms with Gasteiger partial charge in [0.15, 0.2) is 0 Å². The largest absolute Gasteiger partial charge is 0.359 e. The average molecular weight is 400 g/mol. The Morgan fingerprint density at radius 3 is 2.45 bits per heavy atom. The molecule has 3 amide bonds. The molecule has 1 aliphatic carbocycles. The Labute approximate surface area is 173 Å². The summed E-state index contributed by atoms with van der Waals surface area (Å²) in [5, 5.41) is 5.56. The van der Waals surface area contributed by atoms with Gasteiger partial charge in [0.25, 0.3) is 0 Å². The van der Waals surface area contributed by atoms with Crippen LogP contribution < -0.4 is 10.6 Å². The lowest BCUT2D eigenvalue weighted by molar-refractivity contribution is -0.150. The number of hydrogen-bond acceptors (Lipinski definition) is 3. The molecular formula is C23H33N3O3. The third-order valence-corrected chi connectivity index (χ3v) is 6.47. The van der Waals surface area contributed by atoms with Crippen molar-refractivity contribution in [3.8, 4) is 0 Å². The van der Waals surface area contributed by atoms with E-state index in [4.69, 9.17) is 0 Å². The Morgan fingerprint density at radius 2 is 1.76 bits per heavy atom. The Balaban J connectivity index is 1.65. The monoisotopic (exact) mass is 399 g/mol. The minimum atomic E-state index is -0.222. The molecule has 3 rings (SSSR count). The number of piperidine rings is 1. The Bertz CT molecular complexity index is 763. The highest BCUT2D eigenvalue weighted by molar-refractivity contribution is 5.96. The fourth-order valence-electron chi connectivity index (χ4n) is 4.84. The van der Waals surface area contributed by atoms with Gasteiger partial charge in [0.2, 0.25) is 17.7 Å². The van der Waals surface area contributed by atoms with Crippen LogP contribution in [0.3, 0.4) is 0 Å². The van der Waals surface area contributed by atoms with Crippen molar-refractivity contribution < 1.29 is 14.4 Å². The molecule has 0 aromatic heterocycles. The summed E-state index contributed by atoms with van der Waals surface area (Å²) in [6.45, 7) is 2.80. The smallest absolute Gasteiger partial charge is 0.243 e. The summed E-state index contributed by atoms with van der Waals surface area (Å²) in [5.41, 5.74) is 2.46. The normalized spacial score (nSPS) is 18.6. The molecule has 1 saturated carbocycles. The van der Waals surface area contributed by atoms with E-state index in [0.29, 0.717) is 12.2 Å². The molecule has 1 aliphatic heterocycles. The third-order valence-electron chi connectivity index (χ3n) is 6.47. The van der Waals surface area contributed by atoms with Gasteiger partial charge in [-0.3, -0.25) is 14.4 Å². The lowest BCUT2D eigenvalue weighted by Gasteiger charge is -2.43. The van der Waals surface area contributed by atoms with Gasteiger partial charge < -0.3 is 15.5 Å². The summed E-state index contributed by atoms with van der Waals surface area (Å²) in [4.78, 5) is 39.3. The Morgan fingerprint density at radius 1 is 1.03 bits per heavy atom. The molecule has 158 valence electrons. The second-order valence-corrected chi connectivity index (χ2v) is 8.41. The summed E-state index contributed by atoms with van der Waals surface area (Å²) in [7, 11) is 1.62. The van der Waals surface area contributed by atoms with E-state index in [-0.39, 0.29) is 36.1 Å². The first-order valence-corrected chi connectivity index (χ1v) is 10.9. The molecule has 1 saturated heterocycles. The van der Waals surface area contributed by atoms with Gasteiger partial charge in [-0.25, -0.2) is 0 Å². The molecule has 1 heterocycles. The highest BCUT2D eigenvalue weighted by atomic mass is 16.2. The number of hydrogen-bond donors (Lipinski definition) is 2. The third kappa shape index (κ3) is 4.98. The van der Waals surface area contributed by atoms with Crippen molar-refractivity contribution in [2.75, 3.05) is 25.5 Å². The van der Waals surface area contributed by atoms with Crippen LogP contribution in [-0.4, -0.2) is 42.8 Å². The van der Waals surface area contributed by atoms with Crippen LogP contribution in [0.15, 0.2) is 18.2 Å². The van der Waals surface area contributed by atoms with Crippen molar-refractivity contribution in [3.63, 3.8) is 0 Å². The standard InChI is InChI=1S/C23H33N3O3/c1-3-17-8-9-19(14-18(17)15-20(27)24-2)25-21(28)16-26-13-7-12-23(22(26)29)10-5-4-6-11-23/h8-9,14H,3-7,10-13,15-16H2,1-2H3,(H,24,27)(H,25,28). The van der Waals surface area contributed by atoms with Gasteiger partial charge in [0, 0.05) is 24.7 Å². The first-order valence-electron chi connectivity index (χ1n) is 10.9. The molecule has 0 radical (unpaired) electrons. The van der Waals surface area contributed by atoms with Crippen LogP contribution in [0.4, 0.5) is 5.69 Å². The highest BCUT2D eigenvalue weighted by Crippen LogP contribution is 2.44. The van der Waals surface area contributed by atoms with Crippen molar-refractivity contribution >= 4 is 23.4 Å². The van der Waals surface area contributed by atoms with Crippen LogP contribution in [0.25, 0.3) is 0 Å². The van der Waals surface area contributed by atoms with E-state index in [9.17, 15) is 14.4 Å². The highest BCUT2D eigenvalue weighted by Gasteiger charge is 2.44. The number of carbonyl (C=O) groups excluding carboxylic acids is 3. The van der Waals surface area contributed by atoms with Gasteiger partial charge >= 0.3 is 0 Å². The molecule has 0 bridgehead atoms. The summed E-state index contributed by atoms with van der Waals surface area (Å²) in [5.74, 6) is -0.0681. The van der Waals surface area contributed by atoms with Crippen molar-refractivity contribution in [2.24, 2.45) is 5.41 Å². The fourth-order valence-corrected chi connectivity index (χ4v) is 4.84. The number of carbonyl (C=O) groups is 3. The molecule has 0 unspecified atom stereocenters. The Kier molecular flexibility index (Phi) is 6.93. The molecule has 2 aliphatic rings. The topological polar surface area (TPSA) is 78.5 Å². The zero-order valence-electron chi connectivity index (χ0n) is 17.7. The second-order valence-electron chi connectivity index (χ2n) is 8.41. The molecule has 6 heteroatoms. The molecule has 2 fully saturated rings. The predicted molar refractivity (Wildman–Crippen MR) is 114 cm³/mol. The molecule has 0 atom stereocenters. The summed E-state index contributed by atoms with van der Waals surface area (Å²) >= 11 is 0. The van der Waals surface area contributed by atoms with Crippen LogP contribution in [0.5, 0.6) is 0 Å². The van der Waals surface area contributed by atoms with E-state index in [0.717, 1.165) is 56.1 Å². The minimum absolute atomic E-state index is 0.0557. The van der Waals surface area contributed by atoms with Crippen molar-refractivity contribution in [2.45, 2.75) is 64.7 Å². The van der Waals surface area contributed by atoms with Crippen LogP contribution >= 0.6 is 0 Å². The first kappa shape index (κ1) is 21.3. The number of nitrogens with one attached hydrogen (secondary N) is 2. The molecule has 29 heavy (non-hydrogen) atoms. The molecule has 1 aromatic carbocycles. The predicted octanol–water partition coefficient (Wildman–Crippen LogP) is 3.05. The van der Waals surface area contributed by atoms with Crippen molar-refractivity contribution in [1.29, 1.82) is 0 Å². The van der Waals surface area contributed by atoms with E-state index in [1.165, 1.54) is 6.42 Å². The van der Waals surface area contributed by atoms with Gasteiger partial charge in [-0.15, -0.1) is 0 Å². The van der Waals surface area contributed by atoms with Gasteiger partial charge in [0.1, 0.15) is 0 Å². The van der Waals surface area contributed by atoms with Gasteiger partial charge in [-0.1, -0.05) is 32.3 Å². The summed E-state index contributed by atoms with van der Waals surface area (Å²) < 4.78 is 0. The zero-order valence-corrected chi connectivity index (χ0v) is 17.7. The van der Waals surface area contributed by atoms with Crippen LogP contribution in [0.1, 0.15) is 63.0 Å². The van der Waals surface area contributed by atoms with Gasteiger partial charge in [-0.2, -0.15) is 0 Å². The number of rotatable bonds is 6. The van der Waals surface area contributed by atoms with E-state index in [1.807, 2.05) is 25.1 Å².